The van der Waals surface area contributed by atoms with Crippen molar-refractivity contribution in [1.82, 2.24) is 9.80 Å². The molecule has 128 valence electrons. The van der Waals surface area contributed by atoms with Crippen molar-refractivity contribution in [3.63, 3.8) is 0 Å². The molecule has 2 amide bonds. The van der Waals surface area contributed by atoms with Gasteiger partial charge in [0.2, 0.25) is 5.91 Å². The van der Waals surface area contributed by atoms with E-state index in [1.807, 2.05) is 6.07 Å². The minimum absolute atomic E-state index is 0.0959. The summed E-state index contributed by atoms with van der Waals surface area (Å²) >= 11 is 5.26. The molecular weight excluding hydrogens is 330 g/mol. The van der Waals surface area contributed by atoms with Crippen molar-refractivity contribution in [2.45, 2.75) is 19.4 Å². The summed E-state index contributed by atoms with van der Waals surface area (Å²) in [5, 5.41) is 2.97. The van der Waals surface area contributed by atoms with Crippen LogP contribution < -0.4 is 5.32 Å². The van der Waals surface area contributed by atoms with E-state index < -0.39 is 12.0 Å². The molecule has 8 heteroatoms. The van der Waals surface area contributed by atoms with Gasteiger partial charge < -0.3 is 15.0 Å². The monoisotopic (exact) mass is 349 g/mol. The average Bonchev–Trinajstić information content (AvgIpc) is 2.79. The summed E-state index contributed by atoms with van der Waals surface area (Å²) in [7, 11) is 1.26. The third kappa shape index (κ3) is 3.88. The summed E-state index contributed by atoms with van der Waals surface area (Å²) in [6, 6.07) is 8.14. The second-order valence-electron chi connectivity index (χ2n) is 5.20. The van der Waals surface area contributed by atoms with Gasteiger partial charge in [-0.05, 0) is 31.3 Å². The predicted molar refractivity (Wildman–Crippen MR) is 92.2 cm³/mol. The third-order valence-corrected chi connectivity index (χ3v) is 4.14. The first-order chi connectivity index (χ1) is 11.5. The molecule has 1 heterocycles. The van der Waals surface area contributed by atoms with Crippen LogP contribution in [-0.4, -0.2) is 58.9 Å². The number of para-hydroxylation sites is 1. The molecule has 1 atom stereocenters. The van der Waals surface area contributed by atoms with Crippen molar-refractivity contribution in [2.24, 2.45) is 0 Å². The Kier molecular flexibility index (Phi) is 5.86. The minimum atomic E-state index is -0.805. The van der Waals surface area contributed by atoms with Crippen molar-refractivity contribution >= 4 is 40.8 Å². The zero-order valence-corrected chi connectivity index (χ0v) is 14.3. The molecule has 0 aromatic heterocycles. The number of likely N-dealkylation sites (N-methyl/N-ethyl adjacent to an activating group) is 1. The number of amides is 2. The highest BCUT2D eigenvalue weighted by molar-refractivity contribution is 7.80. The summed E-state index contributed by atoms with van der Waals surface area (Å²) in [5.41, 5.74) is 0.641. The molecule has 1 aliphatic rings. The van der Waals surface area contributed by atoms with Crippen LogP contribution in [0.1, 0.15) is 13.3 Å². The van der Waals surface area contributed by atoms with Gasteiger partial charge in [0, 0.05) is 12.2 Å². The van der Waals surface area contributed by atoms with Gasteiger partial charge in [-0.3, -0.25) is 19.3 Å². The number of hydrogen-bond donors (Lipinski definition) is 1. The number of anilines is 1. The average molecular weight is 349 g/mol. The molecule has 1 saturated heterocycles. The predicted octanol–water partition coefficient (Wildman–Crippen LogP) is 1.01. The Morgan fingerprint density at radius 3 is 2.54 bits per heavy atom. The second-order valence-corrected chi connectivity index (χ2v) is 5.57. The molecule has 1 aromatic carbocycles. The van der Waals surface area contributed by atoms with Crippen molar-refractivity contribution in [1.29, 1.82) is 0 Å². The number of carbonyl (C=O) groups excluding carboxylic acids is 3. The molecule has 7 nitrogen and oxygen atoms in total. The van der Waals surface area contributed by atoms with E-state index in [4.69, 9.17) is 12.2 Å². The Morgan fingerprint density at radius 2 is 1.96 bits per heavy atom. The first-order valence-electron chi connectivity index (χ1n) is 7.51. The van der Waals surface area contributed by atoms with E-state index in [1.54, 1.807) is 31.2 Å². The zero-order valence-electron chi connectivity index (χ0n) is 13.5. The van der Waals surface area contributed by atoms with E-state index in [-0.39, 0.29) is 29.9 Å². The van der Waals surface area contributed by atoms with Gasteiger partial charge in [0.15, 0.2) is 5.11 Å². The Hall–Kier alpha value is -2.48. The van der Waals surface area contributed by atoms with Crippen LogP contribution in [0, 0.1) is 0 Å². The number of methoxy groups -OCH3 is 1. The number of nitrogens with zero attached hydrogens (tertiary/aromatic N) is 2. The number of nitrogens with one attached hydrogen (secondary N) is 1. The highest BCUT2D eigenvalue weighted by Gasteiger charge is 2.43. The maximum atomic E-state index is 12.5. The molecule has 24 heavy (non-hydrogen) atoms. The summed E-state index contributed by atoms with van der Waals surface area (Å²) in [6.45, 7) is 2.00. The highest BCUT2D eigenvalue weighted by Crippen LogP contribution is 2.21. The van der Waals surface area contributed by atoms with E-state index in [0.29, 0.717) is 12.2 Å². The van der Waals surface area contributed by atoms with Crippen LogP contribution in [0.25, 0.3) is 0 Å². The number of thiocarbonyl (C=S) groups is 1. The molecule has 1 fully saturated rings. The molecule has 0 saturated carbocycles. The summed E-state index contributed by atoms with van der Waals surface area (Å²) in [4.78, 5) is 39.1. The van der Waals surface area contributed by atoms with E-state index >= 15 is 0 Å². The van der Waals surface area contributed by atoms with Gasteiger partial charge in [0.25, 0.3) is 5.91 Å². The van der Waals surface area contributed by atoms with Gasteiger partial charge in [0.1, 0.15) is 12.6 Å². The van der Waals surface area contributed by atoms with E-state index in [1.165, 1.54) is 16.9 Å². The van der Waals surface area contributed by atoms with Gasteiger partial charge >= 0.3 is 5.97 Å². The maximum absolute atomic E-state index is 12.5. The van der Waals surface area contributed by atoms with Crippen LogP contribution in [0.4, 0.5) is 5.69 Å². The van der Waals surface area contributed by atoms with Gasteiger partial charge in [-0.2, -0.15) is 0 Å². The Balaban J connectivity index is 2.11. The van der Waals surface area contributed by atoms with Crippen LogP contribution in [0.3, 0.4) is 0 Å². The first-order valence-corrected chi connectivity index (χ1v) is 7.92. The number of rotatable bonds is 6. The quantitative estimate of drug-likeness (QED) is 0.610. The van der Waals surface area contributed by atoms with Gasteiger partial charge in [-0.15, -0.1) is 0 Å². The fraction of sp³-hybridized carbons (Fsp3) is 0.375. The maximum Gasteiger partial charge on any atom is 0.325 e. The van der Waals surface area contributed by atoms with Crippen molar-refractivity contribution in [3.05, 3.63) is 30.3 Å². The molecule has 0 bridgehead atoms. The first kappa shape index (κ1) is 17.9. The standard InChI is InChI=1S/C16H19N3O4S/c1-3-18-15(22)12(19(16(18)24)10-14(21)23-2)9-13(20)17-11-7-5-4-6-8-11/h4-8,12H,3,9-10H2,1-2H3,(H,17,20)/t12-/m1/s1. The molecular formula is C16H19N3O4S. The van der Waals surface area contributed by atoms with Crippen LogP contribution in [0.15, 0.2) is 30.3 Å². The van der Waals surface area contributed by atoms with Crippen molar-refractivity contribution in [2.75, 3.05) is 25.5 Å². The number of ether oxygens (including phenoxy) is 1. The fourth-order valence-electron chi connectivity index (χ4n) is 2.47. The number of benzene rings is 1. The van der Waals surface area contributed by atoms with Crippen molar-refractivity contribution in [3.8, 4) is 0 Å². The van der Waals surface area contributed by atoms with E-state index in [2.05, 4.69) is 10.1 Å². The zero-order chi connectivity index (χ0) is 17.7. The fourth-order valence-corrected chi connectivity index (χ4v) is 2.89. The molecule has 1 aromatic rings. The number of carbonyl (C=O) groups is 3. The SMILES string of the molecule is CCN1C(=O)[C@@H](CC(=O)Nc2ccccc2)N(CC(=O)OC)C1=S. The lowest BCUT2D eigenvalue weighted by molar-refractivity contribution is -0.141. The van der Waals surface area contributed by atoms with Crippen LogP contribution in [0.5, 0.6) is 0 Å². The topological polar surface area (TPSA) is 79.0 Å². The van der Waals surface area contributed by atoms with Crippen LogP contribution >= 0.6 is 12.2 Å². The van der Waals surface area contributed by atoms with E-state index in [0.717, 1.165) is 0 Å². The molecule has 0 aliphatic carbocycles. The molecule has 1 N–H and O–H groups in total. The largest absolute Gasteiger partial charge is 0.468 e. The lowest BCUT2D eigenvalue weighted by atomic mass is 10.1. The second kappa shape index (κ2) is 7.87. The molecule has 0 radical (unpaired) electrons. The lowest BCUT2D eigenvalue weighted by Gasteiger charge is -2.22. The highest BCUT2D eigenvalue weighted by atomic mass is 32.1. The third-order valence-electron chi connectivity index (χ3n) is 3.68. The molecule has 0 spiro atoms. The molecule has 0 unspecified atom stereocenters. The van der Waals surface area contributed by atoms with Gasteiger partial charge in [-0.25, -0.2) is 0 Å². The smallest absolute Gasteiger partial charge is 0.325 e. The van der Waals surface area contributed by atoms with Crippen LogP contribution in [0.2, 0.25) is 0 Å². The Labute approximate surface area is 145 Å². The normalized spacial score (nSPS) is 17.2. The van der Waals surface area contributed by atoms with Crippen molar-refractivity contribution < 1.29 is 19.1 Å². The lowest BCUT2D eigenvalue weighted by Crippen LogP contribution is -2.41. The van der Waals surface area contributed by atoms with Gasteiger partial charge in [-0.1, -0.05) is 18.2 Å². The number of hydrogen-bond acceptors (Lipinski definition) is 5. The Bertz CT molecular complexity index is 650. The summed E-state index contributed by atoms with van der Waals surface area (Å²) in [5.74, 6) is -1.12. The van der Waals surface area contributed by atoms with Gasteiger partial charge in [0.05, 0.1) is 13.5 Å². The molecule has 1 aliphatic heterocycles. The molecule has 2 rings (SSSR count). The van der Waals surface area contributed by atoms with E-state index in [9.17, 15) is 14.4 Å². The number of esters is 1. The Morgan fingerprint density at radius 1 is 1.29 bits per heavy atom. The minimum Gasteiger partial charge on any atom is -0.468 e. The summed E-state index contributed by atoms with van der Waals surface area (Å²) < 4.78 is 4.64. The summed E-state index contributed by atoms with van der Waals surface area (Å²) in [6.07, 6.45) is -0.0959. The van der Waals surface area contributed by atoms with Crippen LogP contribution in [-0.2, 0) is 19.1 Å².